The van der Waals surface area contributed by atoms with Gasteiger partial charge < -0.3 is 5.32 Å². The first-order chi connectivity index (χ1) is 12.6. The topological polar surface area (TPSA) is 59.3 Å². The van der Waals surface area contributed by atoms with Gasteiger partial charge in [-0.1, -0.05) is 6.07 Å². The highest BCUT2D eigenvalue weighted by atomic mass is 19.1. The van der Waals surface area contributed by atoms with Crippen molar-refractivity contribution in [1.29, 1.82) is 0 Å². The molecular weight excluding hydrogens is 331 g/mol. The first-order valence-electron chi connectivity index (χ1n) is 8.09. The van der Waals surface area contributed by atoms with Gasteiger partial charge in [-0.2, -0.15) is 0 Å². The number of Topliss-reactive ketones (excluding diaryl/α,β-unsaturated/α-hetero) is 1. The molecule has 0 unspecified atom stereocenters. The number of benzene rings is 1. The normalized spacial score (nSPS) is 10.8. The number of hydrogen-bond acceptors (Lipinski definition) is 4. The van der Waals surface area contributed by atoms with Crippen LogP contribution in [0.1, 0.15) is 17.3 Å². The van der Waals surface area contributed by atoms with Gasteiger partial charge in [0.1, 0.15) is 22.9 Å². The Morgan fingerprint density at radius 2 is 1.85 bits per heavy atom. The van der Waals surface area contributed by atoms with Gasteiger partial charge in [-0.05, 0) is 55.5 Å². The van der Waals surface area contributed by atoms with E-state index in [1.807, 2.05) is 28.8 Å². The van der Waals surface area contributed by atoms with Crippen molar-refractivity contribution >= 4 is 22.9 Å². The van der Waals surface area contributed by atoms with Crippen molar-refractivity contribution in [2.24, 2.45) is 0 Å². The first-order valence-corrected chi connectivity index (χ1v) is 8.09. The van der Waals surface area contributed by atoms with E-state index >= 15 is 0 Å². The second-order valence-corrected chi connectivity index (χ2v) is 5.83. The number of carbonyl (C=O) groups excluding carboxylic acids is 1. The van der Waals surface area contributed by atoms with Gasteiger partial charge in [-0.15, -0.1) is 0 Å². The van der Waals surface area contributed by atoms with E-state index < -0.39 is 5.82 Å². The van der Waals surface area contributed by atoms with E-state index in [1.54, 1.807) is 30.3 Å². The summed E-state index contributed by atoms with van der Waals surface area (Å²) >= 11 is 0. The molecule has 0 aliphatic heterocycles. The monoisotopic (exact) mass is 346 g/mol. The van der Waals surface area contributed by atoms with Crippen LogP contribution >= 0.6 is 0 Å². The fourth-order valence-corrected chi connectivity index (χ4v) is 2.77. The summed E-state index contributed by atoms with van der Waals surface area (Å²) in [6.45, 7) is 1.52. The molecule has 3 aromatic heterocycles. The minimum absolute atomic E-state index is 0.00241. The number of imidazole rings is 1. The molecule has 0 saturated heterocycles. The minimum Gasteiger partial charge on any atom is -0.339 e. The van der Waals surface area contributed by atoms with Gasteiger partial charge in [0.15, 0.2) is 11.6 Å². The number of aromatic nitrogens is 3. The summed E-state index contributed by atoms with van der Waals surface area (Å²) in [6.07, 6.45) is 3.38. The number of anilines is 2. The average molecular weight is 346 g/mol. The summed E-state index contributed by atoms with van der Waals surface area (Å²) in [5, 5.41) is 3.27. The Morgan fingerprint density at radius 1 is 1.04 bits per heavy atom. The van der Waals surface area contributed by atoms with Gasteiger partial charge in [0.2, 0.25) is 0 Å². The summed E-state index contributed by atoms with van der Waals surface area (Å²) in [6, 6.07) is 15.6. The lowest BCUT2D eigenvalue weighted by atomic mass is 10.1. The second kappa shape index (κ2) is 6.40. The number of fused-ring (bicyclic) bond motifs is 1. The van der Waals surface area contributed by atoms with Gasteiger partial charge in [0.05, 0.1) is 0 Å². The molecule has 3 heterocycles. The van der Waals surface area contributed by atoms with E-state index in [0.29, 0.717) is 22.7 Å². The molecule has 0 spiro atoms. The zero-order chi connectivity index (χ0) is 18.1. The molecule has 26 heavy (non-hydrogen) atoms. The van der Waals surface area contributed by atoms with Crippen LogP contribution in [-0.2, 0) is 0 Å². The third-order valence-electron chi connectivity index (χ3n) is 4.07. The smallest absolute Gasteiger partial charge is 0.159 e. The number of halogens is 1. The van der Waals surface area contributed by atoms with Gasteiger partial charge in [0, 0.05) is 23.6 Å². The van der Waals surface area contributed by atoms with Crippen LogP contribution < -0.4 is 5.32 Å². The highest BCUT2D eigenvalue weighted by Crippen LogP contribution is 2.31. The van der Waals surface area contributed by atoms with Gasteiger partial charge in [-0.3, -0.25) is 14.2 Å². The van der Waals surface area contributed by atoms with Crippen molar-refractivity contribution in [3.8, 4) is 11.4 Å². The number of hydrogen-bond donors (Lipinski definition) is 1. The lowest BCUT2D eigenvalue weighted by Crippen LogP contribution is -1.99. The van der Waals surface area contributed by atoms with E-state index in [0.717, 1.165) is 5.69 Å². The lowest BCUT2D eigenvalue weighted by molar-refractivity contribution is 0.101. The molecular formula is C20H15FN4O. The quantitative estimate of drug-likeness (QED) is 0.554. The molecule has 1 aromatic carbocycles. The molecule has 0 atom stereocenters. The molecule has 0 radical (unpaired) electrons. The summed E-state index contributed by atoms with van der Waals surface area (Å²) in [5.41, 5.74) is 2.67. The standard InChI is InChI=1S/C20H15FN4O/c1-13(26)14-7-9-15(10-8-14)23-20-19(18-16(21)5-4-11-22-18)24-17-6-2-3-12-25(17)20/h2-12,23H,1H3. The van der Waals surface area contributed by atoms with Crippen molar-refractivity contribution in [2.75, 3.05) is 5.32 Å². The van der Waals surface area contributed by atoms with Gasteiger partial charge in [0.25, 0.3) is 0 Å². The Hall–Kier alpha value is -3.54. The van der Waals surface area contributed by atoms with Crippen LogP contribution in [0.5, 0.6) is 0 Å². The maximum atomic E-state index is 14.3. The molecule has 0 amide bonds. The van der Waals surface area contributed by atoms with Crippen LogP contribution in [0.2, 0.25) is 0 Å². The Morgan fingerprint density at radius 3 is 2.58 bits per heavy atom. The van der Waals surface area contributed by atoms with Crippen LogP contribution in [-0.4, -0.2) is 20.2 Å². The zero-order valence-corrected chi connectivity index (χ0v) is 14.0. The minimum atomic E-state index is -0.439. The fraction of sp³-hybridized carbons (Fsp3) is 0.0500. The number of ketones is 1. The summed E-state index contributed by atoms with van der Waals surface area (Å²) < 4.78 is 16.1. The van der Waals surface area contributed by atoms with E-state index in [1.165, 1.54) is 19.2 Å². The second-order valence-electron chi connectivity index (χ2n) is 5.83. The SMILES string of the molecule is CC(=O)c1ccc(Nc2c(-c3ncccc3F)nc3ccccn23)cc1. The number of pyridine rings is 2. The van der Waals surface area contributed by atoms with Crippen molar-refractivity contribution in [3.05, 3.63) is 78.4 Å². The highest BCUT2D eigenvalue weighted by molar-refractivity contribution is 5.94. The molecule has 1 N–H and O–H groups in total. The number of nitrogens with zero attached hydrogens (tertiary/aromatic N) is 3. The van der Waals surface area contributed by atoms with E-state index in [4.69, 9.17) is 0 Å². The van der Waals surface area contributed by atoms with Crippen molar-refractivity contribution < 1.29 is 9.18 Å². The predicted octanol–water partition coefficient (Wildman–Crippen LogP) is 4.48. The predicted molar refractivity (Wildman–Crippen MR) is 98.1 cm³/mol. The molecule has 128 valence electrons. The molecule has 0 bridgehead atoms. The third-order valence-corrected chi connectivity index (χ3v) is 4.07. The Balaban J connectivity index is 1.84. The molecule has 6 heteroatoms. The molecule has 0 fully saturated rings. The highest BCUT2D eigenvalue weighted by Gasteiger charge is 2.18. The number of rotatable bonds is 4. The van der Waals surface area contributed by atoms with Crippen molar-refractivity contribution in [2.45, 2.75) is 6.92 Å². The summed E-state index contributed by atoms with van der Waals surface area (Å²) in [5.74, 6) is 0.169. The van der Waals surface area contributed by atoms with Crippen LogP contribution in [0, 0.1) is 5.82 Å². The molecule has 0 aliphatic carbocycles. The number of carbonyl (C=O) groups is 1. The number of nitrogens with one attached hydrogen (secondary N) is 1. The van der Waals surface area contributed by atoms with Crippen LogP contribution in [0.3, 0.4) is 0 Å². The maximum absolute atomic E-state index is 14.3. The largest absolute Gasteiger partial charge is 0.339 e. The van der Waals surface area contributed by atoms with Gasteiger partial charge >= 0.3 is 0 Å². The van der Waals surface area contributed by atoms with E-state index in [2.05, 4.69) is 15.3 Å². The Bertz CT molecular complexity index is 1100. The Labute approximate surface area is 149 Å². The molecule has 0 aliphatic rings. The molecule has 4 rings (SSSR count). The fourth-order valence-electron chi connectivity index (χ4n) is 2.77. The van der Waals surface area contributed by atoms with Crippen LogP contribution in [0.25, 0.3) is 17.0 Å². The molecule has 4 aromatic rings. The summed E-state index contributed by atoms with van der Waals surface area (Å²) in [4.78, 5) is 20.1. The van der Waals surface area contributed by atoms with Gasteiger partial charge in [-0.25, -0.2) is 9.37 Å². The van der Waals surface area contributed by atoms with Crippen molar-refractivity contribution in [3.63, 3.8) is 0 Å². The molecule has 0 saturated carbocycles. The van der Waals surface area contributed by atoms with E-state index in [-0.39, 0.29) is 11.5 Å². The van der Waals surface area contributed by atoms with E-state index in [9.17, 15) is 9.18 Å². The maximum Gasteiger partial charge on any atom is 0.159 e. The summed E-state index contributed by atoms with van der Waals surface area (Å²) in [7, 11) is 0. The third kappa shape index (κ3) is 2.82. The van der Waals surface area contributed by atoms with Crippen LogP contribution in [0.15, 0.2) is 67.0 Å². The molecule has 5 nitrogen and oxygen atoms in total. The zero-order valence-electron chi connectivity index (χ0n) is 14.0. The first kappa shape index (κ1) is 16.0. The Kier molecular flexibility index (Phi) is 3.93. The van der Waals surface area contributed by atoms with Crippen LogP contribution in [0.4, 0.5) is 15.9 Å². The van der Waals surface area contributed by atoms with Crippen molar-refractivity contribution in [1.82, 2.24) is 14.4 Å². The lowest BCUT2D eigenvalue weighted by Gasteiger charge is -2.09. The average Bonchev–Trinajstić information content (AvgIpc) is 3.01.